The molecule has 1 amide bonds. The normalized spacial score (nSPS) is 14.1. The van der Waals surface area contributed by atoms with Crippen LogP contribution in [0.2, 0.25) is 10.0 Å². The Labute approximate surface area is 205 Å². The molecule has 3 rings (SSSR count). The summed E-state index contributed by atoms with van der Waals surface area (Å²) in [6.45, 7) is 7.45. The van der Waals surface area contributed by atoms with E-state index in [0.717, 1.165) is 32.5 Å². The highest BCUT2D eigenvalue weighted by molar-refractivity contribution is 6.31. The molecule has 11 heteroatoms. The van der Waals surface area contributed by atoms with Gasteiger partial charge in [0.05, 0.1) is 15.6 Å². The predicted molar refractivity (Wildman–Crippen MR) is 132 cm³/mol. The van der Waals surface area contributed by atoms with Gasteiger partial charge in [-0.25, -0.2) is 9.97 Å². The number of amides is 1. The number of anilines is 2. The Bertz CT molecular complexity index is 816. The van der Waals surface area contributed by atoms with Crippen LogP contribution in [0.5, 0.6) is 0 Å². The van der Waals surface area contributed by atoms with Gasteiger partial charge in [-0.15, -0.1) is 24.8 Å². The number of hydrogen-bond donors (Lipinski definition) is 2. The number of nitrogens with one attached hydrogen (secondary N) is 2. The number of pyridine rings is 2. The van der Waals surface area contributed by atoms with Crippen molar-refractivity contribution in [2.75, 3.05) is 30.3 Å². The standard InChI is InChI=1S/C20H25Cl2N5O.2ClH.H2O/c1-13(2)27-7-5-14(6-8-27)10-24-19-17(9-16(22)12-25-19)20(28)26-18-4-3-15(21)11-23-18;;;/h3-4,9,11-14H,5-8,10H2,1-2H3,(H,24,25)(H,23,26,28);2*1H;1H2. The fourth-order valence-corrected chi connectivity index (χ4v) is 3.57. The second-order valence-electron chi connectivity index (χ2n) is 7.32. The molecule has 174 valence electrons. The lowest BCUT2D eigenvalue weighted by Gasteiger charge is -2.34. The van der Waals surface area contributed by atoms with Crippen LogP contribution >= 0.6 is 48.0 Å². The first-order valence-electron chi connectivity index (χ1n) is 9.48. The number of nitrogens with zero attached hydrogens (tertiary/aromatic N) is 3. The molecule has 2 aromatic heterocycles. The summed E-state index contributed by atoms with van der Waals surface area (Å²) in [6, 6.07) is 5.52. The van der Waals surface area contributed by atoms with Crippen molar-refractivity contribution in [1.82, 2.24) is 14.9 Å². The average molecular weight is 513 g/mol. The van der Waals surface area contributed by atoms with Gasteiger partial charge in [-0.2, -0.15) is 0 Å². The van der Waals surface area contributed by atoms with E-state index in [1.54, 1.807) is 24.4 Å². The molecule has 1 aliphatic heterocycles. The Kier molecular flexibility index (Phi) is 13.3. The van der Waals surface area contributed by atoms with Crippen LogP contribution in [0.25, 0.3) is 0 Å². The van der Waals surface area contributed by atoms with E-state index in [2.05, 4.69) is 39.3 Å². The van der Waals surface area contributed by atoms with Crippen LogP contribution < -0.4 is 10.6 Å². The molecule has 0 aromatic carbocycles. The number of likely N-dealkylation sites (tertiary alicyclic amines) is 1. The first kappa shape index (κ1) is 29.7. The van der Waals surface area contributed by atoms with Crippen LogP contribution in [0.1, 0.15) is 37.0 Å². The lowest BCUT2D eigenvalue weighted by Crippen LogP contribution is -2.40. The van der Waals surface area contributed by atoms with Gasteiger partial charge < -0.3 is 21.0 Å². The third kappa shape index (κ3) is 8.60. The Morgan fingerprint density at radius 3 is 2.35 bits per heavy atom. The molecule has 1 aliphatic rings. The van der Waals surface area contributed by atoms with E-state index in [9.17, 15) is 4.79 Å². The van der Waals surface area contributed by atoms with Crippen LogP contribution in [0, 0.1) is 5.92 Å². The number of aromatic nitrogens is 2. The van der Waals surface area contributed by atoms with Gasteiger partial charge in [0.1, 0.15) is 11.6 Å². The molecule has 0 unspecified atom stereocenters. The fraction of sp³-hybridized carbons (Fsp3) is 0.450. The summed E-state index contributed by atoms with van der Waals surface area (Å²) in [5.74, 6) is 1.19. The lowest BCUT2D eigenvalue weighted by molar-refractivity contribution is 0.102. The van der Waals surface area contributed by atoms with Crippen LogP contribution in [-0.4, -0.2) is 51.9 Å². The summed E-state index contributed by atoms with van der Waals surface area (Å²) in [5, 5.41) is 7.01. The van der Waals surface area contributed by atoms with Crippen LogP contribution in [0.3, 0.4) is 0 Å². The molecule has 4 N–H and O–H groups in total. The number of piperidine rings is 1. The van der Waals surface area contributed by atoms with E-state index in [0.29, 0.717) is 39.2 Å². The Hall–Kier alpha value is -1.35. The van der Waals surface area contributed by atoms with Crippen molar-refractivity contribution in [3.8, 4) is 0 Å². The van der Waals surface area contributed by atoms with E-state index in [1.807, 2.05) is 0 Å². The zero-order valence-corrected chi connectivity index (χ0v) is 20.5. The van der Waals surface area contributed by atoms with Crippen molar-refractivity contribution < 1.29 is 10.3 Å². The monoisotopic (exact) mass is 511 g/mol. The summed E-state index contributed by atoms with van der Waals surface area (Å²) in [6.07, 6.45) is 5.29. The minimum absolute atomic E-state index is 0. The highest BCUT2D eigenvalue weighted by atomic mass is 35.5. The second-order valence-corrected chi connectivity index (χ2v) is 8.19. The quantitative estimate of drug-likeness (QED) is 0.589. The van der Waals surface area contributed by atoms with Crippen molar-refractivity contribution in [2.24, 2.45) is 5.92 Å². The van der Waals surface area contributed by atoms with E-state index < -0.39 is 0 Å². The molecule has 0 radical (unpaired) electrons. The van der Waals surface area contributed by atoms with Crippen molar-refractivity contribution in [1.29, 1.82) is 0 Å². The topological polar surface area (TPSA) is 102 Å². The molecule has 0 aliphatic carbocycles. The summed E-state index contributed by atoms with van der Waals surface area (Å²) in [4.78, 5) is 23.6. The maximum atomic E-state index is 12.7. The summed E-state index contributed by atoms with van der Waals surface area (Å²) in [5.41, 5.74) is 0.392. The van der Waals surface area contributed by atoms with Gasteiger partial charge in [0.15, 0.2) is 0 Å². The van der Waals surface area contributed by atoms with E-state index in [4.69, 9.17) is 23.2 Å². The number of carbonyl (C=O) groups is 1. The molecule has 0 spiro atoms. The van der Waals surface area contributed by atoms with Crippen LogP contribution in [-0.2, 0) is 0 Å². The number of hydrogen-bond acceptors (Lipinski definition) is 5. The number of rotatable bonds is 6. The minimum Gasteiger partial charge on any atom is -0.412 e. The lowest BCUT2D eigenvalue weighted by atomic mass is 9.96. The van der Waals surface area contributed by atoms with Gasteiger partial charge in [0, 0.05) is 25.0 Å². The maximum absolute atomic E-state index is 12.7. The number of halogens is 4. The molecule has 0 atom stereocenters. The third-order valence-electron chi connectivity index (χ3n) is 5.01. The highest BCUT2D eigenvalue weighted by Gasteiger charge is 2.22. The van der Waals surface area contributed by atoms with Crippen molar-refractivity contribution in [3.05, 3.63) is 46.2 Å². The van der Waals surface area contributed by atoms with Gasteiger partial charge in [-0.05, 0) is 63.9 Å². The Balaban J connectivity index is 0.00000300. The summed E-state index contributed by atoms with van der Waals surface area (Å²) in [7, 11) is 0. The van der Waals surface area contributed by atoms with Gasteiger partial charge in [-0.1, -0.05) is 23.2 Å². The average Bonchev–Trinajstić information content (AvgIpc) is 2.69. The predicted octanol–water partition coefficient (Wildman–Crippen LogP) is 4.59. The van der Waals surface area contributed by atoms with E-state index in [1.165, 1.54) is 6.20 Å². The molecule has 0 bridgehead atoms. The van der Waals surface area contributed by atoms with Gasteiger partial charge in [0.2, 0.25) is 0 Å². The molecule has 0 saturated carbocycles. The fourth-order valence-electron chi connectivity index (χ4n) is 3.30. The van der Waals surface area contributed by atoms with Gasteiger partial charge >= 0.3 is 0 Å². The smallest absolute Gasteiger partial charge is 0.260 e. The summed E-state index contributed by atoms with van der Waals surface area (Å²) < 4.78 is 0. The second kappa shape index (κ2) is 13.9. The Morgan fingerprint density at radius 1 is 1.13 bits per heavy atom. The van der Waals surface area contributed by atoms with E-state index >= 15 is 0 Å². The molecule has 1 fully saturated rings. The first-order valence-corrected chi connectivity index (χ1v) is 10.2. The highest BCUT2D eigenvalue weighted by Crippen LogP contribution is 2.23. The Morgan fingerprint density at radius 2 is 1.77 bits per heavy atom. The zero-order chi connectivity index (χ0) is 20.1. The maximum Gasteiger partial charge on any atom is 0.260 e. The van der Waals surface area contributed by atoms with Crippen LogP contribution in [0.4, 0.5) is 11.6 Å². The van der Waals surface area contributed by atoms with Gasteiger partial charge in [-0.3, -0.25) is 4.79 Å². The minimum atomic E-state index is -0.318. The van der Waals surface area contributed by atoms with Crippen molar-refractivity contribution >= 4 is 65.6 Å². The molecule has 3 heterocycles. The zero-order valence-electron chi connectivity index (χ0n) is 17.4. The molecule has 1 saturated heterocycles. The summed E-state index contributed by atoms with van der Waals surface area (Å²) >= 11 is 11.9. The van der Waals surface area contributed by atoms with Crippen molar-refractivity contribution in [3.63, 3.8) is 0 Å². The molecular formula is C20H29Cl4N5O2. The molecular weight excluding hydrogens is 484 g/mol. The SMILES string of the molecule is CC(C)N1CCC(CNc2ncc(Cl)cc2C(=O)Nc2ccc(Cl)cn2)CC1.Cl.Cl.O. The largest absolute Gasteiger partial charge is 0.412 e. The van der Waals surface area contributed by atoms with E-state index in [-0.39, 0.29) is 36.2 Å². The van der Waals surface area contributed by atoms with Crippen LogP contribution in [0.15, 0.2) is 30.6 Å². The first-order chi connectivity index (χ1) is 13.4. The molecule has 31 heavy (non-hydrogen) atoms. The van der Waals surface area contributed by atoms with Crippen molar-refractivity contribution in [2.45, 2.75) is 32.7 Å². The molecule has 2 aromatic rings. The number of carbonyl (C=O) groups excluding carboxylic acids is 1. The van der Waals surface area contributed by atoms with Gasteiger partial charge in [0.25, 0.3) is 5.91 Å². The third-order valence-corrected chi connectivity index (χ3v) is 5.44. The molecule has 7 nitrogen and oxygen atoms in total.